The van der Waals surface area contributed by atoms with Gasteiger partial charge < -0.3 is 33.2 Å². The number of hydrogen-bond acceptors (Lipinski definition) is 7. The van der Waals surface area contributed by atoms with Crippen molar-refractivity contribution in [3.8, 4) is 0 Å². The van der Waals surface area contributed by atoms with Crippen LogP contribution in [0.2, 0.25) is 6.04 Å². The van der Waals surface area contributed by atoms with Gasteiger partial charge in [-0.1, -0.05) is 0 Å². The Labute approximate surface area is 123 Å². The Balaban J connectivity index is 5.03. The number of ether oxygens (including phenoxy) is 3. The van der Waals surface area contributed by atoms with Crippen molar-refractivity contribution in [3.05, 3.63) is 0 Å². The van der Waals surface area contributed by atoms with E-state index in [1.165, 1.54) is 0 Å². The maximum Gasteiger partial charge on any atom is 0.506 e. The molecule has 0 saturated carbocycles. The van der Waals surface area contributed by atoms with Crippen LogP contribution >= 0.6 is 0 Å². The monoisotopic (exact) mass is 311 g/mol. The minimum absolute atomic E-state index is 0.451. The molecule has 0 spiro atoms. The van der Waals surface area contributed by atoms with E-state index < -0.39 is 27.7 Å². The Bertz CT molecular complexity index is 215. The summed E-state index contributed by atoms with van der Waals surface area (Å²) in [4.78, 5) is 0. The standard InChI is InChI=1S/C12H29NO6Si/c1-10(14-4)17-20(9-7-8-13,18-11(2)15-5)19-12(3)16-6/h10-12H,7-9,13H2,1-6H3. The molecule has 8 heteroatoms. The van der Waals surface area contributed by atoms with Crippen LogP contribution in [0.3, 0.4) is 0 Å². The van der Waals surface area contributed by atoms with Gasteiger partial charge in [0.05, 0.1) is 0 Å². The van der Waals surface area contributed by atoms with E-state index in [1.807, 2.05) is 0 Å². The lowest BCUT2D eigenvalue weighted by molar-refractivity contribution is -0.163. The summed E-state index contributed by atoms with van der Waals surface area (Å²) in [5.74, 6) is 0. The first-order valence-electron chi connectivity index (χ1n) is 6.75. The molecule has 0 aromatic heterocycles. The first kappa shape index (κ1) is 19.9. The molecule has 0 amide bonds. The lowest BCUT2D eigenvalue weighted by atomic mass is 10.5. The molecular formula is C12H29NO6Si. The summed E-state index contributed by atoms with van der Waals surface area (Å²) in [6.07, 6.45) is -0.636. The van der Waals surface area contributed by atoms with Crippen molar-refractivity contribution < 1.29 is 27.5 Å². The molecule has 3 atom stereocenters. The SMILES string of the molecule is COC(C)O[Si](CCCN)(OC(C)OC)OC(C)OC. The fourth-order valence-corrected chi connectivity index (χ4v) is 4.44. The Morgan fingerprint density at radius 1 is 0.800 bits per heavy atom. The highest BCUT2D eigenvalue weighted by molar-refractivity contribution is 6.60. The van der Waals surface area contributed by atoms with Crippen LogP contribution in [0.4, 0.5) is 0 Å². The maximum absolute atomic E-state index is 5.89. The lowest BCUT2D eigenvalue weighted by Gasteiger charge is -2.35. The fourth-order valence-electron chi connectivity index (χ4n) is 1.48. The van der Waals surface area contributed by atoms with Crippen LogP contribution in [0.25, 0.3) is 0 Å². The van der Waals surface area contributed by atoms with E-state index in [0.29, 0.717) is 12.6 Å². The molecule has 0 aromatic carbocycles. The number of hydrogen-bond donors (Lipinski definition) is 1. The average molecular weight is 311 g/mol. The maximum atomic E-state index is 5.89. The van der Waals surface area contributed by atoms with Gasteiger partial charge in [-0.05, 0) is 33.7 Å². The molecule has 0 aliphatic heterocycles. The second-order valence-corrected chi connectivity index (χ2v) is 6.91. The van der Waals surface area contributed by atoms with Gasteiger partial charge in [-0.25, -0.2) is 0 Å². The molecule has 122 valence electrons. The predicted octanol–water partition coefficient (Wildman–Crippen LogP) is 1.30. The number of nitrogens with two attached hydrogens (primary N) is 1. The number of methoxy groups -OCH3 is 3. The van der Waals surface area contributed by atoms with Crippen molar-refractivity contribution in [1.29, 1.82) is 0 Å². The summed E-state index contributed by atoms with van der Waals surface area (Å²) in [5, 5.41) is 0. The van der Waals surface area contributed by atoms with Crippen molar-refractivity contribution in [2.75, 3.05) is 27.9 Å². The molecule has 0 saturated heterocycles. The van der Waals surface area contributed by atoms with E-state index in [1.54, 1.807) is 42.1 Å². The van der Waals surface area contributed by atoms with Gasteiger partial charge in [0.25, 0.3) is 0 Å². The van der Waals surface area contributed by atoms with Gasteiger partial charge in [-0.3, -0.25) is 0 Å². The molecule has 0 radical (unpaired) electrons. The summed E-state index contributed by atoms with van der Waals surface area (Å²) in [6, 6.07) is 0.568. The minimum Gasteiger partial charge on any atom is -0.357 e. The van der Waals surface area contributed by atoms with Gasteiger partial charge in [-0.2, -0.15) is 0 Å². The second kappa shape index (κ2) is 10.6. The first-order valence-corrected chi connectivity index (χ1v) is 8.68. The quantitative estimate of drug-likeness (QED) is 0.430. The molecule has 0 heterocycles. The molecule has 0 aromatic rings. The van der Waals surface area contributed by atoms with Crippen molar-refractivity contribution in [2.24, 2.45) is 5.73 Å². The lowest BCUT2D eigenvalue weighted by Crippen LogP contribution is -2.52. The highest BCUT2D eigenvalue weighted by Gasteiger charge is 2.45. The molecule has 0 aliphatic rings. The van der Waals surface area contributed by atoms with Crippen LogP contribution in [0.5, 0.6) is 0 Å². The van der Waals surface area contributed by atoms with E-state index in [-0.39, 0.29) is 0 Å². The van der Waals surface area contributed by atoms with E-state index in [9.17, 15) is 0 Å². The largest absolute Gasteiger partial charge is 0.506 e. The van der Waals surface area contributed by atoms with Gasteiger partial charge in [0, 0.05) is 27.4 Å². The highest BCUT2D eigenvalue weighted by Crippen LogP contribution is 2.24. The van der Waals surface area contributed by atoms with Crippen molar-refractivity contribution in [2.45, 2.75) is 52.1 Å². The molecule has 0 rings (SSSR count). The molecule has 0 aliphatic carbocycles. The summed E-state index contributed by atoms with van der Waals surface area (Å²) in [6.45, 7) is 5.87. The molecule has 0 bridgehead atoms. The van der Waals surface area contributed by atoms with Crippen LogP contribution in [0.1, 0.15) is 27.2 Å². The topological polar surface area (TPSA) is 81.4 Å². The molecular weight excluding hydrogens is 282 g/mol. The second-order valence-electron chi connectivity index (χ2n) is 4.34. The van der Waals surface area contributed by atoms with Crippen LogP contribution in [0.15, 0.2) is 0 Å². The molecule has 0 fully saturated rings. The molecule has 2 N–H and O–H groups in total. The van der Waals surface area contributed by atoms with Gasteiger partial charge in [-0.15, -0.1) is 0 Å². The van der Waals surface area contributed by atoms with E-state index >= 15 is 0 Å². The normalized spacial score (nSPS) is 19.4. The molecule has 7 nitrogen and oxygen atoms in total. The average Bonchev–Trinajstić information content (AvgIpc) is 2.44. The fraction of sp³-hybridized carbons (Fsp3) is 1.00. The third-order valence-corrected chi connectivity index (χ3v) is 5.76. The molecule has 3 unspecified atom stereocenters. The Morgan fingerprint density at radius 2 is 1.15 bits per heavy atom. The summed E-state index contributed by atoms with van der Waals surface area (Å²) in [5.41, 5.74) is 5.59. The smallest absolute Gasteiger partial charge is 0.357 e. The van der Waals surface area contributed by atoms with Gasteiger partial charge in [0.15, 0.2) is 0 Å². The zero-order chi connectivity index (χ0) is 15.6. The summed E-state index contributed by atoms with van der Waals surface area (Å²) in [7, 11) is 1.66. The third kappa shape index (κ3) is 7.65. The van der Waals surface area contributed by atoms with Crippen molar-refractivity contribution in [3.63, 3.8) is 0 Å². The third-order valence-electron chi connectivity index (χ3n) is 2.72. The Kier molecular flexibility index (Phi) is 10.6. The number of rotatable bonds is 12. The Hall–Kier alpha value is -0.0631. The predicted molar refractivity (Wildman–Crippen MR) is 76.9 cm³/mol. The van der Waals surface area contributed by atoms with Crippen LogP contribution in [0, 0.1) is 0 Å². The zero-order valence-electron chi connectivity index (χ0n) is 13.4. The van der Waals surface area contributed by atoms with Crippen LogP contribution in [-0.4, -0.2) is 55.5 Å². The highest BCUT2D eigenvalue weighted by atomic mass is 28.4. The van der Waals surface area contributed by atoms with Gasteiger partial charge in [0.1, 0.15) is 18.9 Å². The van der Waals surface area contributed by atoms with E-state index in [4.69, 9.17) is 33.2 Å². The van der Waals surface area contributed by atoms with Gasteiger partial charge in [0.2, 0.25) is 0 Å². The van der Waals surface area contributed by atoms with Crippen LogP contribution in [-0.2, 0) is 27.5 Å². The van der Waals surface area contributed by atoms with E-state index in [2.05, 4.69) is 0 Å². The Morgan fingerprint density at radius 3 is 1.40 bits per heavy atom. The van der Waals surface area contributed by atoms with E-state index in [0.717, 1.165) is 6.42 Å². The van der Waals surface area contributed by atoms with Crippen molar-refractivity contribution in [1.82, 2.24) is 0 Å². The molecule has 20 heavy (non-hydrogen) atoms. The first-order chi connectivity index (χ1) is 9.42. The summed E-state index contributed by atoms with van der Waals surface area (Å²) >= 11 is 0. The minimum atomic E-state index is -3.02. The zero-order valence-corrected chi connectivity index (χ0v) is 14.4. The van der Waals surface area contributed by atoms with Crippen molar-refractivity contribution >= 4 is 8.80 Å². The van der Waals surface area contributed by atoms with Gasteiger partial charge >= 0.3 is 8.80 Å². The summed E-state index contributed by atoms with van der Waals surface area (Å²) < 4.78 is 33.1. The van der Waals surface area contributed by atoms with Crippen LogP contribution < -0.4 is 5.73 Å².